The molecule has 0 radical (unpaired) electrons. The maximum absolute atomic E-state index is 12.5. The monoisotopic (exact) mass is 591 g/mol. The minimum absolute atomic E-state index is 0.00993. The summed E-state index contributed by atoms with van der Waals surface area (Å²) < 4.78 is 10.6. The standard InChI is InChI=1S/C26H42BN7O8/c1-18(25(38)34-13-6-10-21(34)27(39)40)32-22(35)17-42-16-15-41-14-12-30-24(37)20(28)9-5-11-31-26(29)33-23(36)19-7-3-2-4-8-19/h2-4,7-8,18,20-21,39-40H,5-6,9-17,28H2,1H3,(H,30,37)(H,32,35)(H3,29,31,33,36)/t18-,20+,21?/m1/s1. The van der Waals surface area contributed by atoms with Crippen molar-refractivity contribution < 1.29 is 38.7 Å². The minimum Gasteiger partial charge on any atom is -0.426 e. The summed E-state index contributed by atoms with van der Waals surface area (Å²) in [6.45, 7) is 2.74. The van der Waals surface area contributed by atoms with Crippen LogP contribution in [0.1, 0.15) is 43.0 Å². The molecule has 2 rings (SSSR count). The molecule has 232 valence electrons. The first kappa shape index (κ1) is 34.6. The van der Waals surface area contributed by atoms with Crippen LogP contribution in [0.25, 0.3) is 0 Å². The van der Waals surface area contributed by atoms with E-state index in [1.165, 1.54) is 11.8 Å². The summed E-state index contributed by atoms with van der Waals surface area (Å²) in [4.78, 5) is 54.1. The molecule has 1 aromatic carbocycles. The zero-order valence-corrected chi connectivity index (χ0v) is 23.9. The van der Waals surface area contributed by atoms with Crippen LogP contribution in [-0.4, -0.2) is 116 Å². The van der Waals surface area contributed by atoms with Gasteiger partial charge in [0.25, 0.3) is 5.91 Å². The van der Waals surface area contributed by atoms with E-state index in [9.17, 15) is 29.2 Å². The smallest absolute Gasteiger partial charge is 0.426 e. The second-order valence-electron chi connectivity index (χ2n) is 9.74. The molecule has 0 aliphatic carbocycles. The predicted molar refractivity (Wildman–Crippen MR) is 155 cm³/mol. The van der Waals surface area contributed by atoms with E-state index in [4.69, 9.17) is 20.9 Å². The SMILES string of the molecule is C[C@@H](NC(=O)COCCOCCNC(=O)[C@@H](N)CCCN=C(N)NC(=O)c1ccccc1)C(=O)N1CCCC1B(O)O. The summed E-state index contributed by atoms with van der Waals surface area (Å²) in [5.74, 6) is -2.24. The lowest BCUT2D eigenvalue weighted by molar-refractivity contribution is -0.137. The fourth-order valence-electron chi connectivity index (χ4n) is 4.19. The summed E-state index contributed by atoms with van der Waals surface area (Å²) in [7, 11) is -1.62. The number of guanidine groups is 1. The van der Waals surface area contributed by atoms with E-state index in [1.807, 2.05) is 0 Å². The Morgan fingerprint density at radius 1 is 1.14 bits per heavy atom. The average molecular weight is 591 g/mol. The summed E-state index contributed by atoms with van der Waals surface area (Å²) in [5, 5.41) is 26.5. The van der Waals surface area contributed by atoms with Crippen molar-refractivity contribution in [2.75, 3.05) is 46.1 Å². The zero-order chi connectivity index (χ0) is 30.9. The zero-order valence-electron chi connectivity index (χ0n) is 23.9. The highest BCUT2D eigenvalue weighted by Crippen LogP contribution is 2.19. The van der Waals surface area contributed by atoms with Gasteiger partial charge in [0.1, 0.15) is 12.6 Å². The lowest BCUT2D eigenvalue weighted by atomic mass is 9.78. The molecule has 1 aliphatic rings. The average Bonchev–Trinajstić information content (AvgIpc) is 3.47. The van der Waals surface area contributed by atoms with Gasteiger partial charge in [-0.05, 0) is 44.7 Å². The molecule has 42 heavy (non-hydrogen) atoms. The molecule has 0 saturated carbocycles. The van der Waals surface area contributed by atoms with Crippen molar-refractivity contribution >= 4 is 36.7 Å². The van der Waals surface area contributed by atoms with E-state index in [1.54, 1.807) is 30.3 Å². The summed E-state index contributed by atoms with van der Waals surface area (Å²) in [5.41, 5.74) is 12.1. The maximum Gasteiger partial charge on any atom is 0.475 e. The Balaban J connectivity index is 1.48. The van der Waals surface area contributed by atoms with E-state index in [0.717, 1.165) is 0 Å². The first-order valence-electron chi connectivity index (χ1n) is 13.9. The topological polar surface area (TPSA) is 231 Å². The van der Waals surface area contributed by atoms with E-state index in [-0.39, 0.29) is 56.7 Å². The molecule has 4 amide bonds. The third-order valence-corrected chi connectivity index (χ3v) is 6.39. The molecule has 1 aliphatic heterocycles. The van der Waals surface area contributed by atoms with Crippen LogP contribution in [0.4, 0.5) is 0 Å². The van der Waals surface area contributed by atoms with Crippen LogP contribution >= 0.6 is 0 Å². The van der Waals surface area contributed by atoms with Crippen molar-refractivity contribution in [1.82, 2.24) is 20.9 Å². The van der Waals surface area contributed by atoms with E-state index < -0.39 is 31.1 Å². The Morgan fingerprint density at radius 3 is 2.57 bits per heavy atom. The maximum atomic E-state index is 12.5. The van der Waals surface area contributed by atoms with Gasteiger partial charge >= 0.3 is 7.12 Å². The number of ether oxygens (including phenoxy) is 2. The fraction of sp³-hybridized carbons (Fsp3) is 0.577. The largest absolute Gasteiger partial charge is 0.475 e. The predicted octanol–water partition coefficient (Wildman–Crippen LogP) is -2.50. The lowest BCUT2D eigenvalue weighted by Crippen LogP contribution is -2.53. The van der Waals surface area contributed by atoms with Crippen LogP contribution in [0, 0.1) is 0 Å². The Morgan fingerprint density at radius 2 is 1.86 bits per heavy atom. The van der Waals surface area contributed by atoms with Gasteiger partial charge in [0.15, 0.2) is 5.96 Å². The van der Waals surface area contributed by atoms with E-state index >= 15 is 0 Å². The minimum atomic E-state index is -1.62. The quantitative estimate of drug-likeness (QED) is 0.0435. The van der Waals surface area contributed by atoms with Gasteiger partial charge in [0.2, 0.25) is 17.7 Å². The van der Waals surface area contributed by atoms with Crippen LogP contribution in [0.2, 0.25) is 0 Å². The van der Waals surface area contributed by atoms with Crippen LogP contribution in [0.5, 0.6) is 0 Å². The number of amides is 4. The number of benzene rings is 1. The molecule has 9 N–H and O–H groups in total. The Hall–Kier alpha value is -3.57. The van der Waals surface area contributed by atoms with E-state index in [2.05, 4.69) is 20.9 Å². The molecule has 16 heteroatoms. The first-order chi connectivity index (χ1) is 20.1. The number of hydrogen-bond acceptors (Lipinski definition) is 10. The highest BCUT2D eigenvalue weighted by atomic mass is 16.5. The number of nitrogens with one attached hydrogen (secondary N) is 3. The number of rotatable bonds is 17. The van der Waals surface area contributed by atoms with Gasteiger partial charge in [-0.3, -0.25) is 29.5 Å². The molecular weight excluding hydrogens is 549 g/mol. The molecule has 1 unspecified atom stereocenters. The third-order valence-electron chi connectivity index (χ3n) is 6.39. The molecule has 0 aromatic heterocycles. The summed E-state index contributed by atoms with van der Waals surface area (Å²) in [6, 6.07) is 7.04. The van der Waals surface area contributed by atoms with Crippen molar-refractivity contribution in [2.24, 2.45) is 16.5 Å². The number of carbonyl (C=O) groups excluding carboxylic acids is 4. The molecule has 15 nitrogen and oxygen atoms in total. The Bertz CT molecular complexity index is 1050. The lowest BCUT2D eigenvalue weighted by Gasteiger charge is -2.27. The van der Waals surface area contributed by atoms with Crippen molar-refractivity contribution in [3.8, 4) is 0 Å². The second-order valence-corrected chi connectivity index (χ2v) is 9.74. The Labute approximate surface area is 245 Å². The number of carbonyl (C=O) groups is 4. The van der Waals surface area contributed by atoms with Crippen LogP contribution in [-0.2, 0) is 23.9 Å². The molecule has 3 atom stereocenters. The van der Waals surface area contributed by atoms with Crippen molar-refractivity contribution in [3.63, 3.8) is 0 Å². The molecule has 0 spiro atoms. The number of likely N-dealkylation sites (tertiary alicyclic amines) is 1. The van der Waals surface area contributed by atoms with Crippen molar-refractivity contribution in [2.45, 2.75) is 50.6 Å². The molecular formula is C26H42BN7O8. The van der Waals surface area contributed by atoms with Gasteiger partial charge in [0.05, 0.1) is 31.8 Å². The molecule has 1 heterocycles. The highest BCUT2D eigenvalue weighted by Gasteiger charge is 2.38. The third kappa shape index (κ3) is 12.5. The van der Waals surface area contributed by atoms with Gasteiger partial charge in [-0.2, -0.15) is 0 Å². The first-order valence-corrected chi connectivity index (χ1v) is 13.9. The summed E-state index contributed by atoms with van der Waals surface area (Å²) >= 11 is 0. The van der Waals surface area contributed by atoms with Gasteiger partial charge in [0, 0.05) is 25.2 Å². The molecule has 1 fully saturated rings. The van der Waals surface area contributed by atoms with Gasteiger partial charge < -0.3 is 46.5 Å². The van der Waals surface area contributed by atoms with Gasteiger partial charge in [-0.25, -0.2) is 0 Å². The van der Waals surface area contributed by atoms with Crippen LogP contribution in [0.3, 0.4) is 0 Å². The van der Waals surface area contributed by atoms with E-state index in [0.29, 0.717) is 44.3 Å². The second kappa shape index (κ2) is 18.8. The van der Waals surface area contributed by atoms with Crippen LogP contribution in [0.15, 0.2) is 35.3 Å². The molecule has 0 bridgehead atoms. The number of nitrogens with two attached hydrogens (primary N) is 2. The highest BCUT2D eigenvalue weighted by molar-refractivity contribution is 6.43. The van der Waals surface area contributed by atoms with Crippen molar-refractivity contribution in [3.05, 3.63) is 35.9 Å². The summed E-state index contributed by atoms with van der Waals surface area (Å²) in [6.07, 6.45) is 2.03. The normalized spacial score (nSPS) is 16.4. The number of hydrogen-bond donors (Lipinski definition) is 7. The fourth-order valence-corrected chi connectivity index (χ4v) is 4.19. The van der Waals surface area contributed by atoms with Gasteiger partial charge in [-0.15, -0.1) is 0 Å². The molecule has 1 aromatic rings. The van der Waals surface area contributed by atoms with Gasteiger partial charge in [-0.1, -0.05) is 18.2 Å². The molecule has 1 saturated heterocycles. The number of aliphatic imine (C=N–C) groups is 1. The number of nitrogens with zero attached hydrogens (tertiary/aromatic N) is 2. The van der Waals surface area contributed by atoms with Crippen molar-refractivity contribution in [1.29, 1.82) is 0 Å². The Kier molecular flexibility index (Phi) is 15.5. The van der Waals surface area contributed by atoms with Crippen LogP contribution < -0.4 is 27.4 Å².